The molecule has 1 saturated heterocycles. The lowest BCUT2D eigenvalue weighted by Crippen LogP contribution is -2.36. The molecule has 1 fully saturated rings. The van der Waals surface area contributed by atoms with Gasteiger partial charge in [0.05, 0.1) is 18.9 Å². The van der Waals surface area contributed by atoms with E-state index in [4.69, 9.17) is 14.2 Å². The van der Waals surface area contributed by atoms with E-state index in [1.165, 1.54) is 0 Å². The molecule has 1 N–H and O–H groups in total. The fourth-order valence-electron chi connectivity index (χ4n) is 3.74. The Morgan fingerprint density at radius 1 is 0.806 bits per heavy atom. The van der Waals surface area contributed by atoms with Crippen molar-refractivity contribution in [2.75, 3.05) is 43.1 Å². The number of carbonyl (C=O) groups is 1. The number of aromatic nitrogens is 2. The minimum absolute atomic E-state index is 0.102. The molecule has 0 spiro atoms. The van der Waals surface area contributed by atoms with Gasteiger partial charge in [-0.15, -0.1) is 10.2 Å². The summed E-state index contributed by atoms with van der Waals surface area (Å²) in [6, 6.07) is 28.1. The Kier molecular flexibility index (Phi) is 7.34. The van der Waals surface area contributed by atoms with E-state index >= 15 is 0 Å². The third kappa shape index (κ3) is 6.17. The molecule has 1 aliphatic rings. The monoisotopic (exact) mass is 482 g/mol. The van der Waals surface area contributed by atoms with Gasteiger partial charge in [-0.05, 0) is 60.7 Å². The number of rotatable bonds is 8. The molecule has 0 unspecified atom stereocenters. The van der Waals surface area contributed by atoms with E-state index in [1.807, 2.05) is 66.7 Å². The van der Waals surface area contributed by atoms with E-state index in [0.717, 1.165) is 35.9 Å². The Balaban J connectivity index is 1.10. The molecular formula is C28H26N4O4. The predicted molar refractivity (Wildman–Crippen MR) is 138 cm³/mol. The lowest BCUT2D eigenvalue weighted by Gasteiger charge is -2.27. The van der Waals surface area contributed by atoms with Crippen LogP contribution in [0.25, 0.3) is 11.3 Å². The highest BCUT2D eigenvalue weighted by molar-refractivity contribution is 5.92. The minimum Gasteiger partial charge on any atom is -0.484 e. The van der Waals surface area contributed by atoms with Crippen LogP contribution in [0, 0.1) is 0 Å². The summed E-state index contributed by atoms with van der Waals surface area (Å²) in [5.41, 5.74) is 2.37. The van der Waals surface area contributed by atoms with Crippen molar-refractivity contribution < 1.29 is 19.0 Å². The van der Waals surface area contributed by atoms with Gasteiger partial charge in [-0.3, -0.25) is 4.79 Å². The first kappa shape index (κ1) is 23.3. The fraction of sp³-hybridized carbons (Fsp3) is 0.179. The van der Waals surface area contributed by atoms with E-state index < -0.39 is 0 Å². The van der Waals surface area contributed by atoms with E-state index in [9.17, 15) is 4.79 Å². The topological polar surface area (TPSA) is 85.8 Å². The molecule has 0 radical (unpaired) electrons. The normalized spacial score (nSPS) is 13.2. The lowest BCUT2D eigenvalue weighted by molar-refractivity contribution is -0.118. The molecule has 0 bridgehead atoms. The number of morpholine rings is 1. The van der Waals surface area contributed by atoms with Gasteiger partial charge in [-0.1, -0.05) is 30.3 Å². The van der Waals surface area contributed by atoms with Crippen LogP contribution in [0.15, 0.2) is 91.0 Å². The first-order valence-electron chi connectivity index (χ1n) is 11.8. The molecule has 182 valence electrons. The standard InChI is InChI=1S/C28H26N4O4/c33-28(20-35-23-10-12-25(13-11-23)36-24-4-2-1-3-5-24)29-22-8-6-21(7-9-22)26-14-15-27(31-30-26)32-16-18-34-19-17-32/h1-15H,16-20H2,(H,29,33). The summed E-state index contributed by atoms with van der Waals surface area (Å²) in [7, 11) is 0. The van der Waals surface area contributed by atoms with E-state index in [-0.39, 0.29) is 12.5 Å². The van der Waals surface area contributed by atoms with Crippen LogP contribution in [0.5, 0.6) is 17.2 Å². The predicted octanol–water partition coefficient (Wildman–Crippen LogP) is 4.79. The number of carbonyl (C=O) groups excluding carboxylic acids is 1. The zero-order valence-electron chi connectivity index (χ0n) is 19.7. The summed E-state index contributed by atoms with van der Waals surface area (Å²) in [6.45, 7) is 2.95. The quantitative estimate of drug-likeness (QED) is 0.386. The Bertz CT molecular complexity index is 1260. The number of anilines is 2. The highest BCUT2D eigenvalue weighted by atomic mass is 16.5. The van der Waals surface area contributed by atoms with E-state index in [1.54, 1.807) is 24.3 Å². The molecule has 4 aromatic rings. The zero-order valence-corrected chi connectivity index (χ0v) is 19.7. The molecule has 8 heteroatoms. The van der Waals surface area contributed by atoms with Gasteiger partial charge < -0.3 is 24.4 Å². The van der Waals surface area contributed by atoms with Crippen LogP contribution in [0.2, 0.25) is 0 Å². The Hall–Kier alpha value is -4.43. The number of hydrogen-bond acceptors (Lipinski definition) is 7. The molecular weight excluding hydrogens is 456 g/mol. The number of benzene rings is 3. The van der Waals surface area contributed by atoms with Crippen LogP contribution >= 0.6 is 0 Å². The first-order chi connectivity index (χ1) is 17.7. The van der Waals surface area contributed by atoms with Gasteiger partial charge in [0.15, 0.2) is 12.4 Å². The molecule has 0 saturated carbocycles. The summed E-state index contributed by atoms with van der Waals surface area (Å²) >= 11 is 0. The second kappa shape index (κ2) is 11.3. The third-order valence-electron chi connectivity index (χ3n) is 5.62. The van der Waals surface area contributed by atoms with Crippen molar-refractivity contribution >= 4 is 17.4 Å². The molecule has 0 aliphatic carbocycles. The van der Waals surface area contributed by atoms with Gasteiger partial charge >= 0.3 is 0 Å². The summed E-state index contributed by atoms with van der Waals surface area (Å²) in [5, 5.41) is 11.6. The van der Waals surface area contributed by atoms with Gasteiger partial charge in [0.1, 0.15) is 17.2 Å². The van der Waals surface area contributed by atoms with Gasteiger partial charge in [0.25, 0.3) is 5.91 Å². The van der Waals surface area contributed by atoms with Crippen LogP contribution in [-0.4, -0.2) is 49.0 Å². The van der Waals surface area contributed by atoms with Crippen molar-refractivity contribution in [1.29, 1.82) is 0 Å². The smallest absolute Gasteiger partial charge is 0.262 e. The van der Waals surface area contributed by atoms with Crippen molar-refractivity contribution in [3.05, 3.63) is 91.0 Å². The van der Waals surface area contributed by atoms with Gasteiger partial charge in [0.2, 0.25) is 0 Å². The molecule has 0 atom stereocenters. The number of para-hydroxylation sites is 1. The Morgan fingerprint density at radius 2 is 1.50 bits per heavy atom. The highest BCUT2D eigenvalue weighted by Crippen LogP contribution is 2.24. The van der Waals surface area contributed by atoms with Crippen LogP contribution in [0.4, 0.5) is 11.5 Å². The molecule has 8 nitrogen and oxygen atoms in total. The molecule has 36 heavy (non-hydrogen) atoms. The van der Waals surface area contributed by atoms with Crippen LogP contribution < -0.4 is 19.7 Å². The van der Waals surface area contributed by atoms with Crippen LogP contribution in [-0.2, 0) is 9.53 Å². The van der Waals surface area contributed by atoms with E-state index in [0.29, 0.717) is 30.4 Å². The molecule has 5 rings (SSSR count). The number of ether oxygens (including phenoxy) is 3. The number of hydrogen-bond donors (Lipinski definition) is 1. The second-order valence-corrected chi connectivity index (χ2v) is 8.18. The Labute approximate surface area is 209 Å². The number of nitrogens with one attached hydrogen (secondary N) is 1. The minimum atomic E-state index is -0.248. The van der Waals surface area contributed by atoms with Gasteiger partial charge in [-0.25, -0.2) is 0 Å². The number of amides is 1. The third-order valence-corrected chi connectivity index (χ3v) is 5.62. The number of nitrogens with zero attached hydrogens (tertiary/aromatic N) is 3. The fourth-order valence-corrected chi connectivity index (χ4v) is 3.74. The van der Waals surface area contributed by atoms with Crippen molar-refractivity contribution in [3.8, 4) is 28.5 Å². The summed E-state index contributed by atoms with van der Waals surface area (Å²) in [6.07, 6.45) is 0. The Morgan fingerprint density at radius 3 is 2.19 bits per heavy atom. The summed E-state index contributed by atoms with van der Waals surface area (Å²) < 4.78 is 16.7. The maximum atomic E-state index is 12.3. The van der Waals surface area contributed by atoms with E-state index in [2.05, 4.69) is 20.4 Å². The molecule has 2 heterocycles. The van der Waals surface area contributed by atoms with Gasteiger partial charge in [0, 0.05) is 24.3 Å². The lowest BCUT2D eigenvalue weighted by atomic mass is 10.1. The molecule has 1 aromatic heterocycles. The van der Waals surface area contributed by atoms with Crippen LogP contribution in [0.1, 0.15) is 0 Å². The van der Waals surface area contributed by atoms with Crippen molar-refractivity contribution in [3.63, 3.8) is 0 Å². The summed E-state index contributed by atoms with van der Waals surface area (Å²) in [4.78, 5) is 14.5. The van der Waals surface area contributed by atoms with Gasteiger partial charge in [-0.2, -0.15) is 0 Å². The van der Waals surface area contributed by atoms with Crippen molar-refractivity contribution in [2.45, 2.75) is 0 Å². The second-order valence-electron chi connectivity index (χ2n) is 8.18. The SMILES string of the molecule is O=C(COc1ccc(Oc2ccccc2)cc1)Nc1ccc(-c2ccc(N3CCOCC3)nn2)cc1. The van der Waals surface area contributed by atoms with Crippen molar-refractivity contribution in [2.24, 2.45) is 0 Å². The highest BCUT2D eigenvalue weighted by Gasteiger charge is 2.13. The molecule has 1 amide bonds. The average molecular weight is 483 g/mol. The largest absolute Gasteiger partial charge is 0.484 e. The van der Waals surface area contributed by atoms with Crippen molar-refractivity contribution in [1.82, 2.24) is 10.2 Å². The molecule has 1 aliphatic heterocycles. The first-order valence-corrected chi connectivity index (χ1v) is 11.8. The summed E-state index contributed by atoms with van der Waals surface area (Å²) in [5.74, 6) is 2.64. The maximum Gasteiger partial charge on any atom is 0.262 e. The van der Waals surface area contributed by atoms with Crippen LogP contribution in [0.3, 0.4) is 0 Å². The zero-order chi connectivity index (χ0) is 24.6. The molecule has 3 aromatic carbocycles. The average Bonchev–Trinajstić information content (AvgIpc) is 2.94. The maximum absolute atomic E-state index is 12.3.